The van der Waals surface area contributed by atoms with Gasteiger partial charge in [-0.2, -0.15) is 0 Å². The monoisotopic (exact) mass is 410 g/mol. The molecule has 0 bridgehead atoms. The van der Waals surface area contributed by atoms with Crippen molar-refractivity contribution < 1.29 is 22.7 Å². The second kappa shape index (κ2) is 9.96. The lowest BCUT2D eigenvalue weighted by molar-refractivity contribution is -0.148. The predicted octanol–water partition coefficient (Wildman–Crippen LogP) is 2.58. The Bertz CT molecular complexity index is 725. The highest BCUT2D eigenvalue weighted by molar-refractivity contribution is 7.89. The summed E-state index contributed by atoms with van der Waals surface area (Å²) >= 11 is 11.7. The van der Waals surface area contributed by atoms with Crippen molar-refractivity contribution in [2.45, 2.75) is 32.7 Å². The van der Waals surface area contributed by atoms with Gasteiger partial charge in [-0.25, -0.2) is 13.1 Å². The molecule has 0 radical (unpaired) electrons. The lowest BCUT2D eigenvalue weighted by atomic mass is 10.3. The molecule has 0 aliphatic rings. The Hall–Kier alpha value is -1.35. The number of sulfonamides is 1. The maximum atomic E-state index is 11.8. The van der Waals surface area contributed by atoms with Gasteiger partial charge in [0.2, 0.25) is 10.0 Å². The van der Waals surface area contributed by atoms with Gasteiger partial charge in [0.25, 0.3) is 5.91 Å². The SMILES string of the molecule is CCCCS(=O)(=O)N[C@@H](C)C(=O)OCC(=O)Nc1ccc(Cl)cc1Cl. The Labute approximate surface area is 157 Å². The molecule has 0 unspecified atom stereocenters. The van der Waals surface area contributed by atoms with Crippen LogP contribution in [0.5, 0.6) is 0 Å². The van der Waals surface area contributed by atoms with E-state index in [1.807, 2.05) is 6.92 Å². The lowest BCUT2D eigenvalue weighted by Gasteiger charge is -2.14. The van der Waals surface area contributed by atoms with E-state index in [2.05, 4.69) is 10.0 Å². The van der Waals surface area contributed by atoms with Crippen LogP contribution < -0.4 is 10.0 Å². The standard InChI is InChI=1S/C15H20Cl2N2O5S/c1-3-4-7-25(22,23)19-10(2)15(21)24-9-14(20)18-13-6-5-11(16)8-12(13)17/h5-6,8,10,19H,3-4,7,9H2,1-2H3,(H,18,20)/t10-/m0/s1. The number of nitrogens with one attached hydrogen (secondary N) is 2. The molecule has 7 nitrogen and oxygen atoms in total. The highest BCUT2D eigenvalue weighted by atomic mass is 35.5. The highest BCUT2D eigenvalue weighted by Crippen LogP contribution is 2.25. The number of unbranched alkanes of at least 4 members (excludes halogenated alkanes) is 1. The molecule has 1 aromatic carbocycles. The molecule has 0 saturated heterocycles. The van der Waals surface area contributed by atoms with E-state index >= 15 is 0 Å². The number of hydrogen-bond acceptors (Lipinski definition) is 5. The topological polar surface area (TPSA) is 102 Å². The van der Waals surface area contributed by atoms with Crippen LogP contribution in [0.25, 0.3) is 0 Å². The third kappa shape index (κ3) is 8.04. The normalized spacial score (nSPS) is 12.5. The first-order valence-corrected chi connectivity index (χ1v) is 9.97. The van der Waals surface area contributed by atoms with Crippen molar-refractivity contribution in [3.05, 3.63) is 28.2 Å². The first-order chi connectivity index (χ1) is 11.6. The van der Waals surface area contributed by atoms with Crippen LogP contribution in [0.2, 0.25) is 10.0 Å². The van der Waals surface area contributed by atoms with Gasteiger partial charge in [-0.1, -0.05) is 36.5 Å². The second-order valence-corrected chi connectivity index (χ2v) is 8.01. The smallest absolute Gasteiger partial charge is 0.324 e. The number of halogens is 2. The molecule has 0 heterocycles. The molecular weight excluding hydrogens is 391 g/mol. The minimum atomic E-state index is -3.57. The number of carbonyl (C=O) groups is 2. The molecule has 140 valence electrons. The number of anilines is 1. The Kier molecular flexibility index (Phi) is 8.64. The average molecular weight is 411 g/mol. The van der Waals surface area contributed by atoms with E-state index in [-0.39, 0.29) is 10.8 Å². The molecule has 0 aromatic heterocycles. The molecule has 0 spiro atoms. The van der Waals surface area contributed by atoms with E-state index in [4.69, 9.17) is 27.9 Å². The van der Waals surface area contributed by atoms with Crippen molar-refractivity contribution in [3.8, 4) is 0 Å². The molecule has 10 heteroatoms. The molecule has 1 amide bonds. The van der Waals surface area contributed by atoms with Crippen molar-refractivity contribution in [3.63, 3.8) is 0 Å². The van der Waals surface area contributed by atoms with Gasteiger partial charge in [-0.05, 0) is 31.5 Å². The summed E-state index contributed by atoms with van der Waals surface area (Å²) in [4.78, 5) is 23.6. The van der Waals surface area contributed by atoms with Crippen molar-refractivity contribution in [1.82, 2.24) is 4.72 Å². The quantitative estimate of drug-likeness (QED) is 0.609. The van der Waals surface area contributed by atoms with Gasteiger partial charge in [0.15, 0.2) is 6.61 Å². The first-order valence-electron chi connectivity index (χ1n) is 7.56. The molecule has 1 aromatic rings. The fraction of sp³-hybridized carbons (Fsp3) is 0.467. The Morgan fingerprint density at radius 2 is 1.96 bits per heavy atom. The third-order valence-corrected chi connectivity index (χ3v) is 5.11. The van der Waals surface area contributed by atoms with E-state index in [0.29, 0.717) is 23.6 Å². The molecule has 1 atom stereocenters. The van der Waals surface area contributed by atoms with Gasteiger partial charge in [0.1, 0.15) is 6.04 Å². The van der Waals surface area contributed by atoms with Crippen molar-refractivity contribution in [2.24, 2.45) is 0 Å². The Morgan fingerprint density at radius 3 is 2.56 bits per heavy atom. The number of ether oxygens (including phenoxy) is 1. The number of carbonyl (C=O) groups excluding carboxylic acids is 2. The zero-order valence-corrected chi connectivity index (χ0v) is 16.2. The summed E-state index contributed by atoms with van der Waals surface area (Å²) in [5, 5.41) is 3.12. The number of benzene rings is 1. The van der Waals surface area contributed by atoms with E-state index in [0.717, 1.165) is 0 Å². The van der Waals surface area contributed by atoms with E-state index in [1.54, 1.807) is 6.07 Å². The molecule has 0 aliphatic carbocycles. The first kappa shape index (κ1) is 21.7. The van der Waals surface area contributed by atoms with Crippen LogP contribution in [0, 0.1) is 0 Å². The van der Waals surface area contributed by atoms with Crippen molar-refractivity contribution >= 4 is 50.8 Å². The van der Waals surface area contributed by atoms with Gasteiger partial charge >= 0.3 is 5.97 Å². The van der Waals surface area contributed by atoms with Gasteiger partial charge in [-0.3, -0.25) is 9.59 Å². The summed E-state index contributed by atoms with van der Waals surface area (Å²) in [6, 6.07) is 3.42. The van der Waals surface area contributed by atoms with Crippen LogP contribution >= 0.6 is 23.2 Å². The van der Waals surface area contributed by atoms with Gasteiger partial charge < -0.3 is 10.1 Å². The maximum absolute atomic E-state index is 11.8. The van der Waals surface area contributed by atoms with Crippen molar-refractivity contribution in [2.75, 3.05) is 17.7 Å². The van der Waals surface area contributed by atoms with E-state index in [1.165, 1.54) is 19.1 Å². The summed E-state index contributed by atoms with van der Waals surface area (Å²) < 4.78 is 30.5. The third-order valence-electron chi connectivity index (χ3n) is 3.03. The zero-order chi connectivity index (χ0) is 19.0. The molecule has 0 fully saturated rings. The van der Waals surface area contributed by atoms with Gasteiger partial charge in [0, 0.05) is 5.02 Å². The fourth-order valence-corrected chi connectivity index (χ4v) is 3.63. The molecule has 0 saturated carbocycles. The molecule has 2 N–H and O–H groups in total. The van der Waals surface area contributed by atoms with Gasteiger partial charge in [-0.15, -0.1) is 0 Å². The minimum Gasteiger partial charge on any atom is -0.454 e. The minimum absolute atomic E-state index is 0.0727. The van der Waals surface area contributed by atoms with Crippen LogP contribution in [0.1, 0.15) is 26.7 Å². The number of hydrogen-bond donors (Lipinski definition) is 2. The van der Waals surface area contributed by atoms with Crippen LogP contribution in [-0.4, -0.2) is 38.7 Å². The van der Waals surface area contributed by atoms with E-state index < -0.39 is 34.5 Å². The summed E-state index contributed by atoms with van der Waals surface area (Å²) in [6.45, 7) is 2.64. The predicted molar refractivity (Wildman–Crippen MR) is 97.3 cm³/mol. The molecule has 25 heavy (non-hydrogen) atoms. The van der Waals surface area contributed by atoms with Crippen molar-refractivity contribution in [1.29, 1.82) is 0 Å². The number of esters is 1. The number of amides is 1. The van der Waals surface area contributed by atoms with Crippen LogP contribution in [0.15, 0.2) is 18.2 Å². The van der Waals surface area contributed by atoms with Crippen LogP contribution in [0.3, 0.4) is 0 Å². The molecule has 1 rings (SSSR count). The summed E-state index contributed by atoms with van der Waals surface area (Å²) in [5.41, 5.74) is 0.320. The maximum Gasteiger partial charge on any atom is 0.324 e. The number of rotatable bonds is 9. The highest BCUT2D eigenvalue weighted by Gasteiger charge is 2.22. The van der Waals surface area contributed by atoms with Gasteiger partial charge in [0.05, 0.1) is 16.5 Å². The second-order valence-electron chi connectivity index (χ2n) is 5.29. The summed E-state index contributed by atoms with van der Waals surface area (Å²) in [5.74, 6) is -1.53. The largest absolute Gasteiger partial charge is 0.454 e. The molecular formula is C15H20Cl2N2O5S. The lowest BCUT2D eigenvalue weighted by Crippen LogP contribution is -2.41. The Morgan fingerprint density at radius 1 is 1.28 bits per heavy atom. The Balaban J connectivity index is 2.48. The van der Waals surface area contributed by atoms with Crippen LogP contribution in [-0.2, 0) is 24.3 Å². The average Bonchev–Trinajstić information content (AvgIpc) is 2.53. The fourth-order valence-electron chi connectivity index (χ4n) is 1.75. The van der Waals surface area contributed by atoms with E-state index in [9.17, 15) is 18.0 Å². The summed E-state index contributed by atoms with van der Waals surface area (Å²) in [6.07, 6.45) is 1.20. The zero-order valence-electron chi connectivity index (χ0n) is 13.8. The molecule has 0 aliphatic heterocycles. The van der Waals surface area contributed by atoms with Crippen LogP contribution in [0.4, 0.5) is 5.69 Å². The summed E-state index contributed by atoms with van der Waals surface area (Å²) in [7, 11) is -3.57.